The van der Waals surface area contributed by atoms with E-state index in [4.69, 9.17) is 16.7 Å². The van der Waals surface area contributed by atoms with Crippen molar-refractivity contribution in [3.63, 3.8) is 0 Å². The first-order chi connectivity index (χ1) is 7.09. The van der Waals surface area contributed by atoms with E-state index in [-0.39, 0.29) is 16.5 Å². The molecule has 76 valence electrons. The molecule has 0 fully saturated rings. The van der Waals surface area contributed by atoms with Crippen LogP contribution in [-0.2, 0) is 0 Å². The number of phenols is 1. The van der Waals surface area contributed by atoms with Crippen LogP contribution in [0.1, 0.15) is 10.5 Å². The van der Waals surface area contributed by atoms with Gasteiger partial charge in [0.2, 0.25) is 0 Å². The maximum Gasteiger partial charge on any atom is 0.358 e. The molecule has 0 amide bonds. The minimum Gasteiger partial charge on any atom is -0.508 e. The fourth-order valence-corrected chi connectivity index (χ4v) is 1.47. The second kappa shape index (κ2) is 3.36. The number of benzene rings is 1. The topological polar surface area (TPSA) is 83.3 Å². The molecule has 0 aliphatic heterocycles. The van der Waals surface area contributed by atoms with Gasteiger partial charge < -0.3 is 10.2 Å². The number of phenolic OH excluding ortho intramolecular Hbond substituents is 1. The second-order valence-electron chi connectivity index (χ2n) is 2.87. The summed E-state index contributed by atoms with van der Waals surface area (Å²) in [5, 5.41) is 25.5. The Morgan fingerprint density at radius 2 is 2.07 bits per heavy atom. The van der Waals surface area contributed by atoms with E-state index in [9.17, 15) is 9.90 Å². The second-order valence-corrected chi connectivity index (χ2v) is 3.25. The highest BCUT2D eigenvalue weighted by Gasteiger charge is 2.14. The van der Waals surface area contributed by atoms with Gasteiger partial charge in [0, 0.05) is 5.39 Å². The van der Waals surface area contributed by atoms with Crippen LogP contribution >= 0.6 is 11.6 Å². The summed E-state index contributed by atoms with van der Waals surface area (Å²) in [5.74, 6) is -1.26. The fraction of sp³-hybridized carbons (Fsp3) is 0. The van der Waals surface area contributed by atoms with E-state index in [1.807, 2.05) is 0 Å². The summed E-state index contributed by atoms with van der Waals surface area (Å²) in [5.41, 5.74) is 0.109. The van der Waals surface area contributed by atoms with Gasteiger partial charge in [-0.05, 0) is 18.2 Å². The van der Waals surface area contributed by atoms with E-state index in [1.165, 1.54) is 18.2 Å². The molecule has 0 saturated carbocycles. The van der Waals surface area contributed by atoms with Gasteiger partial charge in [0.25, 0.3) is 0 Å². The lowest BCUT2D eigenvalue weighted by Gasteiger charge is -2.02. The van der Waals surface area contributed by atoms with Crippen molar-refractivity contribution in [2.75, 3.05) is 0 Å². The summed E-state index contributed by atoms with van der Waals surface area (Å²) >= 11 is 5.81. The number of aromatic hydroxyl groups is 1. The van der Waals surface area contributed by atoms with Gasteiger partial charge in [-0.2, -0.15) is 0 Å². The first kappa shape index (κ1) is 9.67. The van der Waals surface area contributed by atoms with E-state index in [0.29, 0.717) is 10.9 Å². The third kappa shape index (κ3) is 1.57. The van der Waals surface area contributed by atoms with Crippen molar-refractivity contribution in [3.05, 3.63) is 28.9 Å². The monoisotopic (exact) mass is 224 g/mol. The van der Waals surface area contributed by atoms with Gasteiger partial charge in [0.1, 0.15) is 5.75 Å². The van der Waals surface area contributed by atoms with Crippen LogP contribution in [0.25, 0.3) is 10.9 Å². The van der Waals surface area contributed by atoms with Crippen molar-refractivity contribution in [3.8, 4) is 5.75 Å². The zero-order chi connectivity index (χ0) is 11.0. The first-order valence-electron chi connectivity index (χ1n) is 3.98. The van der Waals surface area contributed by atoms with Crippen LogP contribution < -0.4 is 0 Å². The first-order valence-corrected chi connectivity index (χ1v) is 4.35. The number of carboxylic acid groups (broad SMARTS) is 1. The van der Waals surface area contributed by atoms with Crippen LogP contribution in [0.3, 0.4) is 0 Å². The summed E-state index contributed by atoms with van der Waals surface area (Å²) in [7, 11) is 0. The Bertz CT molecular complexity index is 556. The molecule has 0 atom stereocenters. The number of hydrogen-bond acceptors (Lipinski definition) is 4. The molecule has 0 aliphatic rings. The number of carbonyl (C=O) groups is 1. The Balaban J connectivity index is 2.82. The molecule has 1 aromatic carbocycles. The maximum absolute atomic E-state index is 10.7. The molecule has 0 aliphatic carbocycles. The number of hydrogen-bond donors (Lipinski definition) is 2. The Morgan fingerprint density at radius 1 is 1.33 bits per heavy atom. The molecular formula is C9H5ClN2O3. The summed E-state index contributed by atoms with van der Waals surface area (Å²) < 4.78 is 0. The summed E-state index contributed by atoms with van der Waals surface area (Å²) in [6.07, 6.45) is 0. The van der Waals surface area contributed by atoms with Gasteiger partial charge in [0.15, 0.2) is 5.69 Å². The number of aromatic nitrogens is 2. The molecule has 0 spiro atoms. The SMILES string of the molecule is O=C(O)c1nnc2ccc(O)cc2c1Cl. The average molecular weight is 225 g/mol. The Morgan fingerprint density at radius 3 is 2.73 bits per heavy atom. The zero-order valence-electron chi connectivity index (χ0n) is 7.31. The highest BCUT2D eigenvalue weighted by Crippen LogP contribution is 2.26. The largest absolute Gasteiger partial charge is 0.508 e. The van der Waals surface area contributed by atoms with Gasteiger partial charge in [-0.15, -0.1) is 10.2 Å². The van der Waals surface area contributed by atoms with Crippen LogP contribution in [0.4, 0.5) is 0 Å². The van der Waals surface area contributed by atoms with Crippen LogP contribution in [0.15, 0.2) is 18.2 Å². The number of carboxylic acids is 1. The molecular weight excluding hydrogens is 220 g/mol. The fourth-order valence-electron chi connectivity index (χ4n) is 1.20. The third-order valence-corrected chi connectivity index (χ3v) is 2.27. The predicted octanol–water partition coefficient (Wildman–Crippen LogP) is 1.69. The van der Waals surface area contributed by atoms with Gasteiger partial charge in [-0.3, -0.25) is 0 Å². The van der Waals surface area contributed by atoms with E-state index in [1.54, 1.807) is 0 Å². The Hall–Kier alpha value is -1.88. The summed E-state index contributed by atoms with van der Waals surface area (Å²) in [6, 6.07) is 4.28. The Kier molecular flexibility index (Phi) is 2.17. The van der Waals surface area contributed by atoms with E-state index < -0.39 is 5.97 Å². The average Bonchev–Trinajstić information content (AvgIpc) is 2.19. The Labute approximate surface area is 88.9 Å². The molecule has 0 radical (unpaired) electrons. The lowest BCUT2D eigenvalue weighted by molar-refractivity contribution is 0.0689. The smallest absolute Gasteiger partial charge is 0.358 e. The van der Waals surface area contributed by atoms with Crippen LogP contribution in [0.5, 0.6) is 5.75 Å². The number of aromatic carboxylic acids is 1. The molecule has 1 heterocycles. The molecule has 0 bridgehead atoms. The van der Waals surface area contributed by atoms with Gasteiger partial charge in [-0.1, -0.05) is 11.6 Å². The predicted molar refractivity (Wildman–Crippen MR) is 53.2 cm³/mol. The number of nitrogens with zero attached hydrogens (tertiary/aromatic N) is 2. The molecule has 5 nitrogen and oxygen atoms in total. The number of fused-ring (bicyclic) bond motifs is 1. The highest BCUT2D eigenvalue weighted by atomic mass is 35.5. The molecule has 0 unspecified atom stereocenters. The molecule has 2 aromatic rings. The third-order valence-electron chi connectivity index (χ3n) is 1.88. The quantitative estimate of drug-likeness (QED) is 0.770. The minimum absolute atomic E-state index is 0.00580. The molecule has 15 heavy (non-hydrogen) atoms. The standard InChI is InChI=1S/C9H5ClN2O3/c10-7-5-3-4(13)1-2-6(5)11-12-8(7)9(14)15/h1-3,13H,(H,14,15). The molecule has 6 heteroatoms. The van der Waals surface area contributed by atoms with Gasteiger partial charge in [0.05, 0.1) is 10.5 Å². The van der Waals surface area contributed by atoms with E-state index in [2.05, 4.69) is 10.2 Å². The van der Waals surface area contributed by atoms with Crippen LogP contribution in [0.2, 0.25) is 5.02 Å². The van der Waals surface area contributed by atoms with Crippen LogP contribution in [0, 0.1) is 0 Å². The lowest BCUT2D eigenvalue weighted by atomic mass is 10.2. The lowest BCUT2D eigenvalue weighted by Crippen LogP contribution is -2.03. The van der Waals surface area contributed by atoms with Gasteiger partial charge in [-0.25, -0.2) is 4.79 Å². The molecule has 0 saturated heterocycles. The molecule has 2 rings (SSSR count). The van der Waals surface area contributed by atoms with Crippen molar-refractivity contribution < 1.29 is 15.0 Å². The number of rotatable bonds is 1. The van der Waals surface area contributed by atoms with Gasteiger partial charge >= 0.3 is 5.97 Å². The minimum atomic E-state index is -1.25. The highest BCUT2D eigenvalue weighted by molar-refractivity contribution is 6.37. The van der Waals surface area contributed by atoms with Crippen molar-refractivity contribution in [1.29, 1.82) is 0 Å². The number of halogens is 1. The van der Waals surface area contributed by atoms with E-state index in [0.717, 1.165) is 0 Å². The van der Waals surface area contributed by atoms with Crippen molar-refractivity contribution in [2.24, 2.45) is 0 Å². The summed E-state index contributed by atoms with van der Waals surface area (Å²) in [6.45, 7) is 0. The van der Waals surface area contributed by atoms with E-state index >= 15 is 0 Å². The van der Waals surface area contributed by atoms with Crippen molar-refractivity contribution >= 4 is 28.5 Å². The molecule has 2 N–H and O–H groups in total. The summed E-state index contributed by atoms with van der Waals surface area (Å²) in [4.78, 5) is 10.7. The maximum atomic E-state index is 10.7. The normalized spacial score (nSPS) is 10.5. The van der Waals surface area contributed by atoms with Crippen LogP contribution in [-0.4, -0.2) is 26.4 Å². The zero-order valence-corrected chi connectivity index (χ0v) is 8.06. The van der Waals surface area contributed by atoms with Crippen molar-refractivity contribution in [2.45, 2.75) is 0 Å². The van der Waals surface area contributed by atoms with Crippen molar-refractivity contribution in [1.82, 2.24) is 10.2 Å². The molecule has 1 aromatic heterocycles.